The Morgan fingerprint density at radius 1 is 1.53 bits per heavy atom. The van der Waals surface area contributed by atoms with E-state index in [9.17, 15) is 17.9 Å². The minimum Gasteiger partial charge on any atom is -0.388 e. The second-order valence-electron chi connectivity index (χ2n) is 3.79. The summed E-state index contributed by atoms with van der Waals surface area (Å²) in [6.07, 6.45) is 1.98. The molecule has 1 atom stereocenters. The van der Waals surface area contributed by atoms with Gasteiger partial charge in [0.05, 0.1) is 18.1 Å². The number of hydrogen-bond donors (Lipinski definition) is 1. The number of halogens is 1. The predicted octanol–water partition coefficient (Wildman–Crippen LogP) is 1.47. The van der Waals surface area contributed by atoms with Crippen LogP contribution in [-0.4, -0.2) is 30.0 Å². The van der Waals surface area contributed by atoms with Crippen LogP contribution in [-0.2, 0) is 9.84 Å². The molecule has 4 nitrogen and oxygen atoms in total. The summed E-state index contributed by atoms with van der Waals surface area (Å²) < 4.78 is 35.7. The van der Waals surface area contributed by atoms with Crippen LogP contribution in [0.5, 0.6) is 0 Å². The van der Waals surface area contributed by atoms with Crippen LogP contribution in [0.1, 0.15) is 31.4 Å². The molecule has 6 heteroatoms. The molecule has 0 aliphatic heterocycles. The third-order valence-electron chi connectivity index (χ3n) is 2.54. The quantitative estimate of drug-likeness (QED) is 0.842. The number of aromatic nitrogens is 1. The standard InChI is InChI=1S/C11H16FNO3S/c1-2-17(15,16)7-3-4-11(14)9-5-6-13-8-10(9)12/h5-6,8,11,14H,2-4,7H2,1H3. The molecule has 1 aromatic heterocycles. The number of nitrogens with zero attached hydrogens (tertiary/aromatic N) is 1. The van der Waals surface area contributed by atoms with E-state index in [-0.39, 0.29) is 23.5 Å². The van der Waals surface area contributed by atoms with Gasteiger partial charge in [0.2, 0.25) is 0 Å². The van der Waals surface area contributed by atoms with Crippen LogP contribution in [0.3, 0.4) is 0 Å². The molecule has 1 heterocycles. The van der Waals surface area contributed by atoms with Crippen molar-refractivity contribution in [3.8, 4) is 0 Å². The third-order valence-corrected chi connectivity index (χ3v) is 4.33. The maximum atomic E-state index is 13.2. The van der Waals surface area contributed by atoms with Crippen molar-refractivity contribution in [2.45, 2.75) is 25.9 Å². The zero-order valence-electron chi connectivity index (χ0n) is 9.63. The van der Waals surface area contributed by atoms with Gasteiger partial charge in [-0.3, -0.25) is 4.98 Å². The fourth-order valence-corrected chi connectivity index (χ4v) is 2.35. The Labute approximate surface area is 100 Å². The Balaban J connectivity index is 2.51. The summed E-state index contributed by atoms with van der Waals surface area (Å²) in [6, 6.07) is 1.40. The number of rotatable bonds is 6. The van der Waals surface area contributed by atoms with E-state index in [4.69, 9.17) is 0 Å². The van der Waals surface area contributed by atoms with Crippen LogP contribution in [0.2, 0.25) is 0 Å². The molecule has 0 aliphatic carbocycles. The van der Waals surface area contributed by atoms with Gasteiger partial charge in [-0.15, -0.1) is 0 Å². The van der Waals surface area contributed by atoms with E-state index in [1.165, 1.54) is 12.3 Å². The molecule has 17 heavy (non-hydrogen) atoms. The highest BCUT2D eigenvalue weighted by atomic mass is 32.2. The molecular weight excluding hydrogens is 245 g/mol. The zero-order valence-corrected chi connectivity index (χ0v) is 10.5. The first kappa shape index (κ1) is 14.1. The topological polar surface area (TPSA) is 67.3 Å². The average molecular weight is 261 g/mol. The average Bonchev–Trinajstić information content (AvgIpc) is 2.29. The van der Waals surface area contributed by atoms with Crippen molar-refractivity contribution in [1.82, 2.24) is 4.98 Å². The smallest absolute Gasteiger partial charge is 0.150 e. The van der Waals surface area contributed by atoms with Gasteiger partial charge in [0.15, 0.2) is 0 Å². The van der Waals surface area contributed by atoms with Crippen molar-refractivity contribution in [2.24, 2.45) is 0 Å². The van der Waals surface area contributed by atoms with E-state index in [0.29, 0.717) is 6.42 Å². The molecular formula is C11H16FNO3S. The van der Waals surface area contributed by atoms with Gasteiger partial charge in [-0.25, -0.2) is 12.8 Å². The van der Waals surface area contributed by atoms with Crippen molar-refractivity contribution in [2.75, 3.05) is 11.5 Å². The highest BCUT2D eigenvalue weighted by Crippen LogP contribution is 2.20. The molecule has 0 aliphatic rings. The minimum absolute atomic E-state index is 0.0211. The molecule has 0 saturated heterocycles. The predicted molar refractivity (Wildman–Crippen MR) is 62.7 cm³/mol. The van der Waals surface area contributed by atoms with Gasteiger partial charge >= 0.3 is 0 Å². The number of aliphatic hydroxyl groups is 1. The zero-order chi connectivity index (χ0) is 12.9. The van der Waals surface area contributed by atoms with E-state index < -0.39 is 21.8 Å². The van der Waals surface area contributed by atoms with E-state index in [1.807, 2.05) is 0 Å². The second kappa shape index (κ2) is 6.07. The molecule has 0 saturated carbocycles. The lowest BCUT2D eigenvalue weighted by Crippen LogP contribution is -2.10. The molecule has 0 spiro atoms. The summed E-state index contributed by atoms with van der Waals surface area (Å²) in [5.74, 6) is -0.460. The highest BCUT2D eigenvalue weighted by Gasteiger charge is 2.14. The lowest BCUT2D eigenvalue weighted by Gasteiger charge is -2.11. The molecule has 0 bridgehead atoms. The van der Waals surface area contributed by atoms with Crippen molar-refractivity contribution in [3.05, 3.63) is 29.8 Å². The fraction of sp³-hybridized carbons (Fsp3) is 0.545. The van der Waals surface area contributed by atoms with Crippen LogP contribution in [0.4, 0.5) is 4.39 Å². The molecule has 1 aromatic rings. The van der Waals surface area contributed by atoms with Gasteiger partial charge in [-0.1, -0.05) is 6.92 Å². The maximum Gasteiger partial charge on any atom is 0.150 e. The Hall–Kier alpha value is -1.01. The first-order valence-electron chi connectivity index (χ1n) is 5.44. The maximum absolute atomic E-state index is 13.2. The van der Waals surface area contributed by atoms with Crippen molar-refractivity contribution in [3.63, 3.8) is 0 Å². The van der Waals surface area contributed by atoms with E-state index in [0.717, 1.165) is 6.20 Å². The van der Waals surface area contributed by atoms with Crippen molar-refractivity contribution in [1.29, 1.82) is 0 Å². The van der Waals surface area contributed by atoms with Gasteiger partial charge in [0, 0.05) is 17.5 Å². The SMILES string of the molecule is CCS(=O)(=O)CCCC(O)c1ccncc1F. The molecule has 0 aromatic carbocycles. The Morgan fingerprint density at radius 3 is 2.82 bits per heavy atom. The number of pyridine rings is 1. The van der Waals surface area contributed by atoms with Gasteiger partial charge in [-0.2, -0.15) is 0 Å². The molecule has 0 fully saturated rings. The lowest BCUT2D eigenvalue weighted by atomic mass is 10.1. The fourth-order valence-electron chi connectivity index (χ4n) is 1.45. The molecule has 1 rings (SSSR count). The van der Waals surface area contributed by atoms with Gasteiger partial charge in [0.25, 0.3) is 0 Å². The van der Waals surface area contributed by atoms with Crippen LogP contribution in [0.15, 0.2) is 18.5 Å². The number of hydrogen-bond acceptors (Lipinski definition) is 4. The number of sulfone groups is 1. The van der Waals surface area contributed by atoms with E-state index >= 15 is 0 Å². The van der Waals surface area contributed by atoms with E-state index in [1.54, 1.807) is 6.92 Å². The Morgan fingerprint density at radius 2 is 2.24 bits per heavy atom. The first-order valence-corrected chi connectivity index (χ1v) is 7.26. The van der Waals surface area contributed by atoms with E-state index in [2.05, 4.69) is 4.98 Å². The lowest BCUT2D eigenvalue weighted by molar-refractivity contribution is 0.162. The van der Waals surface area contributed by atoms with Crippen LogP contribution in [0.25, 0.3) is 0 Å². The Kier molecular flexibility index (Phi) is 5.02. The molecule has 1 unspecified atom stereocenters. The normalized spacial score (nSPS) is 13.6. The summed E-state index contributed by atoms with van der Waals surface area (Å²) in [7, 11) is -3.02. The second-order valence-corrected chi connectivity index (χ2v) is 6.26. The largest absolute Gasteiger partial charge is 0.388 e. The van der Waals surface area contributed by atoms with Gasteiger partial charge in [-0.05, 0) is 18.9 Å². The number of aliphatic hydroxyl groups excluding tert-OH is 1. The van der Waals surface area contributed by atoms with Crippen LogP contribution in [0, 0.1) is 5.82 Å². The summed E-state index contributed by atoms with van der Waals surface area (Å²) in [5, 5.41) is 9.71. The first-order chi connectivity index (χ1) is 7.96. The van der Waals surface area contributed by atoms with Crippen LogP contribution >= 0.6 is 0 Å². The molecule has 0 amide bonds. The molecule has 0 radical (unpaired) electrons. The Bertz CT molecular complexity index is 462. The molecule has 96 valence electrons. The summed E-state index contributed by atoms with van der Waals surface area (Å²) in [4.78, 5) is 3.58. The van der Waals surface area contributed by atoms with Crippen molar-refractivity contribution < 1.29 is 17.9 Å². The summed E-state index contributed by atoms with van der Waals surface area (Å²) >= 11 is 0. The highest BCUT2D eigenvalue weighted by molar-refractivity contribution is 7.91. The summed E-state index contributed by atoms with van der Waals surface area (Å²) in [5.41, 5.74) is 0.161. The van der Waals surface area contributed by atoms with Gasteiger partial charge in [0.1, 0.15) is 15.7 Å². The van der Waals surface area contributed by atoms with Crippen LogP contribution < -0.4 is 0 Å². The third kappa shape index (κ3) is 4.40. The van der Waals surface area contributed by atoms with Gasteiger partial charge < -0.3 is 5.11 Å². The summed E-state index contributed by atoms with van der Waals surface area (Å²) in [6.45, 7) is 1.58. The minimum atomic E-state index is -3.02. The molecule has 1 N–H and O–H groups in total. The monoisotopic (exact) mass is 261 g/mol. The van der Waals surface area contributed by atoms with Crippen molar-refractivity contribution >= 4 is 9.84 Å².